The summed E-state index contributed by atoms with van der Waals surface area (Å²) in [6.45, 7) is 6.30. The van der Waals surface area contributed by atoms with Crippen molar-refractivity contribution < 1.29 is 4.74 Å². The zero-order valence-electron chi connectivity index (χ0n) is 10.2. The summed E-state index contributed by atoms with van der Waals surface area (Å²) in [7, 11) is 0. The second kappa shape index (κ2) is 4.33. The Morgan fingerprint density at radius 1 is 1.59 bits per heavy atom. The SMILES string of the molecule is CC1(C)CN(c2ncccc2C(=N)N)CCO1. The monoisotopic (exact) mass is 234 g/mol. The summed E-state index contributed by atoms with van der Waals surface area (Å²) in [6, 6.07) is 3.62. The lowest BCUT2D eigenvalue weighted by atomic mass is 10.1. The average Bonchev–Trinajstić information content (AvgIpc) is 2.27. The van der Waals surface area contributed by atoms with Crippen molar-refractivity contribution in [1.82, 2.24) is 4.98 Å². The minimum absolute atomic E-state index is 0.0531. The Morgan fingerprint density at radius 3 is 3.00 bits per heavy atom. The Morgan fingerprint density at radius 2 is 2.35 bits per heavy atom. The number of rotatable bonds is 2. The van der Waals surface area contributed by atoms with Gasteiger partial charge in [0, 0.05) is 19.3 Å². The first kappa shape index (κ1) is 11.9. The number of hydrogen-bond acceptors (Lipinski definition) is 4. The summed E-state index contributed by atoms with van der Waals surface area (Å²) >= 11 is 0. The molecule has 0 aromatic carbocycles. The number of amidine groups is 1. The Balaban J connectivity index is 2.30. The molecule has 0 atom stereocenters. The van der Waals surface area contributed by atoms with Crippen molar-refractivity contribution in [2.24, 2.45) is 5.73 Å². The zero-order valence-corrected chi connectivity index (χ0v) is 10.2. The van der Waals surface area contributed by atoms with Gasteiger partial charge in [0.25, 0.3) is 0 Å². The molecule has 17 heavy (non-hydrogen) atoms. The molecule has 5 nitrogen and oxygen atoms in total. The van der Waals surface area contributed by atoms with Gasteiger partial charge >= 0.3 is 0 Å². The minimum Gasteiger partial charge on any atom is -0.384 e. The van der Waals surface area contributed by atoms with Gasteiger partial charge in [-0.25, -0.2) is 4.98 Å². The highest BCUT2D eigenvalue weighted by Crippen LogP contribution is 2.23. The van der Waals surface area contributed by atoms with E-state index < -0.39 is 0 Å². The molecule has 2 heterocycles. The van der Waals surface area contributed by atoms with Gasteiger partial charge in [-0.3, -0.25) is 5.41 Å². The van der Waals surface area contributed by atoms with Crippen LogP contribution in [0, 0.1) is 5.41 Å². The molecular formula is C12H18N4O. The van der Waals surface area contributed by atoms with E-state index in [1.54, 1.807) is 12.3 Å². The lowest BCUT2D eigenvalue weighted by Crippen LogP contribution is -2.49. The van der Waals surface area contributed by atoms with Gasteiger partial charge in [0.2, 0.25) is 0 Å². The summed E-state index contributed by atoms with van der Waals surface area (Å²) in [4.78, 5) is 6.46. The number of hydrogen-bond donors (Lipinski definition) is 2. The van der Waals surface area contributed by atoms with Crippen LogP contribution >= 0.6 is 0 Å². The molecule has 1 aromatic heterocycles. The Hall–Kier alpha value is -1.62. The maximum atomic E-state index is 7.57. The summed E-state index contributed by atoms with van der Waals surface area (Å²) in [5.41, 5.74) is 6.07. The van der Waals surface area contributed by atoms with Crippen molar-refractivity contribution in [2.75, 3.05) is 24.6 Å². The molecular weight excluding hydrogens is 216 g/mol. The molecule has 92 valence electrons. The molecule has 2 rings (SSSR count). The molecule has 1 aliphatic heterocycles. The van der Waals surface area contributed by atoms with Crippen molar-refractivity contribution in [3.8, 4) is 0 Å². The molecule has 0 saturated carbocycles. The van der Waals surface area contributed by atoms with Crippen LogP contribution in [0.3, 0.4) is 0 Å². The summed E-state index contributed by atoms with van der Waals surface area (Å²) in [6.07, 6.45) is 1.73. The average molecular weight is 234 g/mol. The lowest BCUT2D eigenvalue weighted by Gasteiger charge is -2.39. The van der Waals surface area contributed by atoms with Gasteiger partial charge in [-0.1, -0.05) is 0 Å². The summed E-state index contributed by atoms with van der Waals surface area (Å²) < 4.78 is 5.66. The topological polar surface area (TPSA) is 75.2 Å². The molecule has 0 spiro atoms. The first-order valence-corrected chi connectivity index (χ1v) is 5.68. The number of nitrogens with one attached hydrogen (secondary N) is 1. The number of nitrogens with zero attached hydrogens (tertiary/aromatic N) is 2. The fourth-order valence-corrected chi connectivity index (χ4v) is 2.06. The van der Waals surface area contributed by atoms with E-state index in [9.17, 15) is 0 Å². The predicted molar refractivity (Wildman–Crippen MR) is 67.5 cm³/mol. The molecule has 1 fully saturated rings. The van der Waals surface area contributed by atoms with E-state index in [1.165, 1.54) is 0 Å². The molecule has 0 amide bonds. The normalized spacial score (nSPS) is 19.1. The Bertz CT molecular complexity index is 430. The molecule has 3 N–H and O–H groups in total. The number of nitrogens with two attached hydrogens (primary N) is 1. The van der Waals surface area contributed by atoms with Crippen molar-refractivity contribution >= 4 is 11.7 Å². The zero-order chi connectivity index (χ0) is 12.5. The van der Waals surface area contributed by atoms with Crippen molar-refractivity contribution in [2.45, 2.75) is 19.4 Å². The number of ether oxygens (including phenoxy) is 1. The second-order valence-electron chi connectivity index (χ2n) is 4.82. The standard InChI is InChI=1S/C12H18N4O/c1-12(2)8-16(6-7-17-12)11-9(10(13)14)4-3-5-15-11/h3-5H,6-8H2,1-2H3,(H3,13,14). The first-order chi connectivity index (χ1) is 7.99. The lowest BCUT2D eigenvalue weighted by molar-refractivity contribution is -0.0279. The molecule has 0 radical (unpaired) electrons. The highest BCUT2D eigenvalue weighted by molar-refractivity contribution is 5.99. The van der Waals surface area contributed by atoms with Gasteiger partial charge < -0.3 is 15.4 Å². The molecule has 0 bridgehead atoms. The minimum atomic E-state index is -0.191. The van der Waals surface area contributed by atoms with E-state index in [0.717, 1.165) is 18.9 Å². The third kappa shape index (κ3) is 2.55. The molecule has 5 heteroatoms. The van der Waals surface area contributed by atoms with Crippen LogP contribution in [0.25, 0.3) is 0 Å². The van der Waals surface area contributed by atoms with E-state index in [0.29, 0.717) is 12.2 Å². The Labute approximate surface area is 101 Å². The third-order valence-electron chi connectivity index (χ3n) is 2.80. The van der Waals surface area contributed by atoms with Gasteiger partial charge in [0.05, 0.1) is 17.8 Å². The van der Waals surface area contributed by atoms with Crippen molar-refractivity contribution in [3.63, 3.8) is 0 Å². The number of nitrogen functional groups attached to an aromatic ring is 1. The molecule has 1 saturated heterocycles. The van der Waals surface area contributed by atoms with E-state index in [4.69, 9.17) is 15.9 Å². The van der Waals surface area contributed by atoms with Crippen LogP contribution in [-0.4, -0.2) is 36.1 Å². The maximum absolute atomic E-state index is 7.57. The molecule has 1 aromatic rings. The quantitative estimate of drug-likeness (QED) is 0.591. The van der Waals surface area contributed by atoms with Gasteiger partial charge in [-0.2, -0.15) is 0 Å². The van der Waals surface area contributed by atoms with Crippen LogP contribution < -0.4 is 10.6 Å². The van der Waals surface area contributed by atoms with Gasteiger partial charge in [0.15, 0.2) is 0 Å². The fraction of sp³-hybridized carbons (Fsp3) is 0.500. The molecule has 1 aliphatic rings. The van der Waals surface area contributed by atoms with E-state index >= 15 is 0 Å². The van der Waals surface area contributed by atoms with Crippen LogP contribution in [0.15, 0.2) is 18.3 Å². The van der Waals surface area contributed by atoms with Crippen molar-refractivity contribution in [3.05, 3.63) is 23.9 Å². The maximum Gasteiger partial charge on any atom is 0.139 e. The van der Waals surface area contributed by atoms with Gasteiger partial charge in [0.1, 0.15) is 11.7 Å². The predicted octanol–water partition coefficient (Wildman–Crippen LogP) is 0.981. The van der Waals surface area contributed by atoms with Crippen LogP contribution in [-0.2, 0) is 4.74 Å². The largest absolute Gasteiger partial charge is 0.384 e. The molecule has 0 aliphatic carbocycles. The summed E-state index contributed by atoms with van der Waals surface area (Å²) in [5.74, 6) is 0.828. The van der Waals surface area contributed by atoms with E-state index in [-0.39, 0.29) is 11.4 Å². The van der Waals surface area contributed by atoms with Crippen LogP contribution in [0.4, 0.5) is 5.82 Å². The second-order valence-corrected chi connectivity index (χ2v) is 4.82. The fourth-order valence-electron chi connectivity index (χ4n) is 2.06. The van der Waals surface area contributed by atoms with Crippen molar-refractivity contribution in [1.29, 1.82) is 5.41 Å². The molecule has 0 unspecified atom stereocenters. The highest BCUT2D eigenvalue weighted by atomic mass is 16.5. The number of aromatic nitrogens is 1. The van der Waals surface area contributed by atoms with E-state index in [1.807, 2.05) is 6.07 Å². The first-order valence-electron chi connectivity index (χ1n) is 5.68. The van der Waals surface area contributed by atoms with Gasteiger partial charge in [-0.15, -0.1) is 0 Å². The number of morpholine rings is 1. The number of pyridine rings is 1. The Kier molecular flexibility index (Phi) is 3.02. The smallest absolute Gasteiger partial charge is 0.139 e. The van der Waals surface area contributed by atoms with Crippen LogP contribution in [0.1, 0.15) is 19.4 Å². The van der Waals surface area contributed by atoms with Crippen LogP contribution in [0.2, 0.25) is 0 Å². The van der Waals surface area contributed by atoms with Crippen LogP contribution in [0.5, 0.6) is 0 Å². The van der Waals surface area contributed by atoms with Gasteiger partial charge in [-0.05, 0) is 26.0 Å². The third-order valence-corrected chi connectivity index (χ3v) is 2.80. The number of anilines is 1. The highest BCUT2D eigenvalue weighted by Gasteiger charge is 2.29. The van der Waals surface area contributed by atoms with E-state index in [2.05, 4.69) is 23.7 Å². The summed E-state index contributed by atoms with van der Waals surface area (Å²) in [5, 5.41) is 7.57.